The Morgan fingerprint density at radius 3 is 2.72 bits per heavy atom. The minimum Gasteiger partial charge on any atom is -0.296 e. The summed E-state index contributed by atoms with van der Waals surface area (Å²) >= 11 is 11.7. The minimum atomic E-state index is 0.671. The van der Waals surface area contributed by atoms with Crippen molar-refractivity contribution in [2.24, 2.45) is 0 Å². The zero-order valence-electron chi connectivity index (χ0n) is 14.2. The van der Waals surface area contributed by atoms with E-state index in [4.69, 9.17) is 11.6 Å². The SMILES string of the molecule is Cc1ccc(Br)c(SCc2c(Cl)cccc2N(C)NNN(C)C=O)c1. The van der Waals surface area contributed by atoms with E-state index >= 15 is 0 Å². The van der Waals surface area contributed by atoms with Crippen LogP contribution in [-0.4, -0.2) is 25.5 Å². The van der Waals surface area contributed by atoms with Crippen LogP contribution in [0.1, 0.15) is 11.1 Å². The second-order valence-electron chi connectivity index (χ2n) is 5.46. The summed E-state index contributed by atoms with van der Waals surface area (Å²) in [5.41, 5.74) is 8.84. The number of halogens is 2. The minimum absolute atomic E-state index is 0.671. The van der Waals surface area contributed by atoms with Crippen molar-refractivity contribution in [3.63, 3.8) is 0 Å². The van der Waals surface area contributed by atoms with Crippen LogP contribution in [0.5, 0.6) is 0 Å². The molecule has 0 radical (unpaired) electrons. The van der Waals surface area contributed by atoms with E-state index in [1.807, 2.05) is 25.2 Å². The van der Waals surface area contributed by atoms with E-state index in [1.54, 1.807) is 23.8 Å². The maximum Gasteiger partial charge on any atom is 0.224 e. The molecule has 2 rings (SSSR count). The molecule has 1 amide bonds. The molecule has 0 spiro atoms. The van der Waals surface area contributed by atoms with Gasteiger partial charge in [-0.05, 0) is 52.7 Å². The van der Waals surface area contributed by atoms with Gasteiger partial charge in [0.15, 0.2) is 0 Å². The molecule has 0 atom stereocenters. The fourth-order valence-corrected chi connectivity index (χ4v) is 4.10. The van der Waals surface area contributed by atoms with Crippen LogP contribution in [0, 0.1) is 6.92 Å². The second kappa shape index (κ2) is 9.45. The Morgan fingerprint density at radius 1 is 1.24 bits per heavy atom. The Balaban J connectivity index is 2.17. The van der Waals surface area contributed by atoms with Gasteiger partial charge in [-0.15, -0.1) is 17.3 Å². The Labute approximate surface area is 165 Å². The molecule has 8 heteroatoms. The first-order valence-corrected chi connectivity index (χ1v) is 9.67. The van der Waals surface area contributed by atoms with Crippen LogP contribution in [0.15, 0.2) is 45.8 Å². The van der Waals surface area contributed by atoms with Crippen LogP contribution in [0.25, 0.3) is 0 Å². The number of hydrazine groups is 3. The van der Waals surface area contributed by atoms with Crippen molar-refractivity contribution in [1.29, 1.82) is 0 Å². The summed E-state index contributed by atoms with van der Waals surface area (Å²) in [6.07, 6.45) is 0.671. The van der Waals surface area contributed by atoms with Gasteiger partial charge in [-0.3, -0.25) is 14.8 Å². The van der Waals surface area contributed by atoms with E-state index in [-0.39, 0.29) is 0 Å². The summed E-state index contributed by atoms with van der Waals surface area (Å²) in [5, 5.41) is 3.76. The number of rotatable bonds is 8. The number of nitrogens with zero attached hydrogens (tertiary/aromatic N) is 2. The standard InChI is InChI=1S/C17H20BrClN4OS/c1-12-7-8-14(18)17(9-12)25-10-13-15(19)5-4-6-16(13)23(3)21-20-22(2)11-24/h4-9,11,20-21H,10H2,1-3H3. The molecule has 2 aromatic rings. The van der Waals surface area contributed by atoms with Gasteiger partial charge in [-0.1, -0.05) is 23.7 Å². The summed E-state index contributed by atoms with van der Waals surface area (Å²) in [6.45, 7) is 2.07. The first-order valence-electron chi connectivity index (χ1n) is 7.52. The van der Waals surface area contributed by atoms with Gasteiger partial charge in [0.1, 0.15) is 0 Å². The molecule has 0 saturated carbocycles. The molecule has 0 saturated heterocycles. The van der Waals surface area contributed by atoms with Gasteiger partial charge in [0, 0.05) is 39.8 Å². The fraction of sp³-hybridized carbons (Fsp3) is 0.235. The maximum atomic E-state index is 10.7. The molecular formula is C17H20BrClN4OS. The van der Waals surface area contributed by atoms with E-state index in [0.29, 0.717) is 17.2 Å². The molecule has 0 fully saturated rings. The third kappa shape index (κ3) is 5.62. The average Bonchev–Trinajstić information content (AvgIpc) is 2.60. The Bertz CT molecular complexity index is 747. The lowest BCUT2D eigenvalue weighted by molar-refractivity contribution is -0.120. The quantitative estimate of drug-likeness (QED) is 0.364. The molecule has 2 aromatic carbocycles. The molecule has 5 nitrogen and oxygen atoms in total. The topological polar surface area (TPSA) is 47.6 Å². The first kappa shape index (κ1) is 20.1. The van der Waals surface area contributed by atoms with Crippen molar-refractivity contribution in [3.05, 3.63) is 57.0 Å². The third-order valence-electron chi connectivity index (χ3n) is 3.47. The van der Waals surface area contributed by atoms with Crippen molar-refractivity contribution in [2.75, 3.05) is 19.1 Å². The molecule has 0 aliphatic carbocycles. The van der Waals surface area contributed by atoms with Gasteiger partial charge < -0.3 is 0 Å². The highest BCUT2D eigenvalue weighted by Crippen LogP contribution is 2.35. The number of nitrogens with one attached hydrogen (secondary N) is 2. The normalized spacial score (nSPS) is 10.6. The average molecular weight is 444 g/mol. The van der Waals surface area contributed by atoms with Gasteiger partial charge >= 0.3 is 0 Å². The maximum absolute atomic E-state index is 10.7. The molecule has 0 heterocycles. The van der Waals surface area contributed by atoms with Crippen molar-refractivity contribution < 1.29 is 4.79 Å². The van der Waals surface area contributed by atoms with Gasteiger partial charge in [-0.25, -0.2) is 0 Å². The van der Waals surface area contributed by atoms with E-state index in [1.165, 1.54) is 15.5 Å². The summed E-state index contributed by atoms with van der Waals surface area (Å²) < 4.78 is 1.07. The lowest BCUT2D eigenvalue weighted by Crippen LogP contribution is -2.52. The highest BCUT2D eigenvalue weighted by Gasteiger charge is 2.13. The van der Waals surface area contributed by atoms with E-state index in [0.717, 1.165) is 15.7 Å². The number of anilines is 1. The number of amides is 1. The number of benzene rings is 2. The zero-order chi connectivity index (χ0) is 18.4. The zero-order valence-corrected chi connectivity index (χ0v) is 17.4. The van der Waals surface area contributed by atoms with E-state index in [9.17, 15) is 4.79 Å². The van der Waals surface area contributed by atoms with Gasteiger partial charge in [0.2, 0.25) is 6.41 Å². The second-order valence-corrected chi connectivity index (χ2v) is 7.74. The molecule has 25 heavy (non-hydrogen) atoms. The highest BCUT2D eigenvalue weighted by atomic mass is 79.9. The van der Waals surface area contributed by atoms with Gasteiger partial charge in [0.25, 0.3) is 0 Å². The number of carbonyl (C=O) groups excluding carboxylic acids is 1. The van der Waals surface area contributed by atoms with Gasteiger partial charge in [0.05, 0.1) is 5.69 Å². The highest BCUT2D eigenvalue weighted by molar-refractivity contribution is 9.10. The Kier molecular flexibility index (Phi) is 7.58. The molecule has 2 N–H and O–H groups in total. The Morgan fingerprint density at radius 2 is 2.00 bits per heavy atom. The van der Waals surface area contributed by atoms with Crippen LogP contribution in [-0.2, 0) is 10.5 Å². The number of hydrogen-bond acceptors (Lipinski definition) is 5. The number of hydrogen-bond donors (Lipinski definition) is 2. The smallest absolute Gasteiger partial charge is 0.224 e. The Hall–Kier alpha value is -1.25. The predicted molar refractivity (Wildman–Crippen MR) is 108 cm³/mol. The fourth-order valence-electron chi connectivity index (χ4n) is 2.12. The number of aryl methyl sites for hydroxylation is 1. The molecular weight excluding hydrogens is 424 g/mol. The van der Waals surface area contributed by atoms with E-state index < -0.39 is 0 Å². The third-order valence-corrected chi connectivity index (χ3v) is 5.86. The number of thioether (sulfide) groups is 1. The lowest BCUT2D eigenvalue weighted by Gasteiger charge is -2.26. The molecule has 0 aliphatic rings. The largest absolute Gasteiger partial charge is 0.296 e. The first-order chi connectivity index (χ1) is 11.9. The van der Waals surface area contributed by atoms with Crippen molar-refractivity contribution >= 4 is 51.4 Å². The predicted octanol–water partition coefficient (Wildman–Crippen LogP) is 4.15. The molecule has 134 valence electrons. The summed E-state index contributed by atoms with van der Waals surface area (Å²) in [6, 6.07) is 12.0. The van der Waals surface area contributed by atoms with Crippen LogP contribution in [0.4, 0.5) is 5.69 Å². The monoisotopic (exact) mass is 442 g/mol. The van der Waals surface area contributed by atoms with E-state index in [2.05, 4.69) is 52.1 Å². The van der Waals surface area contributed by atoms with Crippen LogP contribution < -0.4 is 16.1 Å². The van der Waals surface area contributed by atoms with Crippen molar-refractivity contribution in [3.8, 4) is 0 Å². The van der Waals surface area contributed by atoms with Crippen LogP contribution in [0.2, 0.25) is 5.02 Å². The molecule has 0 unspecified atom stereocenters. The van der Waals surface area contributed by atoms with Crippen LogP contribution >= 0.6 is 39.3 Å². The lowest BCUT2D eigenvalue weighted by atomic mass is 10.2. The van der Waals surface area contributed by atoms with Crippen molar-refractivity contribution in [1.82, 2.24) is 16.1 Å². The summed E-state index contributed by atoms with van der Waals surface area (Å²) in [7, 11) is 3.46. The van der Waals surface area contributed by atoms with Crippen molar-refractivity contribution in [2.45, 2.75) is 17.6 Å². The molecule has 0 aromatic heterocycles. The van der Waals surface area contributed by atoms with Gasteiger partial charge in [-0.2, -0.15) is 5.53 Å². The molecule has 0 aliphatic heterocycles. The van der Waals surface area contributed by atoms with Crippen LogP contribution in [0.3, 0.4) is 0 Å². The summed E-state index contributed by atoms with van der Waals surface area (Å²) in [4.78, 5) is 11.8. The molecule has 0 bridgehead atoms. The number of carbonyl (C=O) groups is 1. The summed E-state index contributed by atoms with van der Waals surface area (Å²) in [5.74, 6) is 0.715.